The zero-order valence-corrected chi connectivity index (χ0v) is 15.3. The van der Waals surface area contributed by atoms with Crippen molar-refractivity contribution in [3.05, 3.63) is 53.1 Å². The molecule has 1 amide bonds. The molecule has 0 aliphatic carbocycles. The number of carboxylic acids is 1. The maximum absolute atomic E-state index is 12.5. The highest BCUT2D eigenvalue weighted by Gasteiger charge is 2.14. The van der Waals surface area contributed by atoms with Crippen LogP contribution in [0.25, 0.3) is 0 Å². The highest BCUT2D eigenvalue weighted by molar-refractivity contribution is 6.05. The van der Waals surface area contributed by atoms with Crippen LogP contribution >= 0.6 is 0 Å². The molecule has 0 aromatic heterocycles. The van der Waals surface area contributed by atoms with Crippen LogP contribution in [0.2, 0.25) is 0 Å². The van der Waals surface area contributed by atoms with Gasteiger partial charge >= 0.3 is 5.97 Å². The Morgan fingerprint density at radius 3 is 2.38 bits per heavy atom. The molecule has 0 fully saturated rings. The molecule has 2 aromatic rings. The lowest BCUT2D eigenvalue weighted by Gasteiger charge is -2.14. The topological polar surface area (TPSA) is 84.9 Å². The summed E-state index contributed by atoms with van der Waals surface area (Å²) in [6, 6.07) is 9.52. The highest BCUT2D eigenvalue weighted by atomic mass is 16.5. The van der Waals surface area contributed by atoms with Gasteiger partial charge in [-0.2, -0.15) is 0 Å². The number of aryl methyl sites for hydroxylation is 1. The Hall–Kier alpha value is -3.02. The monoisotopic (exact) mass is 357 g/mol. The smallest absolute Gasteiger partial charge is 0.335 e. The molecule has 0 saturated heterocycles. The number of hydrogen-bond acceptors (Lipinski definition) is 4. The lowest BCUT2D eigenvalue weighted by Crippen LogP contribution is -2.14. The maximum atomic E-state index is 12.5. The van der Waals surface area contributed by atoms with Crippen molar-refractivity contribution >= 4 is 17.6 Å². The average molecular weight is 357 g/mol. The Morgan fingerprint density at radius 2 is 1.77 bits per heavy atom. The van der Waals surface area contributed by atoms with Gasteiger partial charge in [-0.15, -0.1) is 0 Å². The van der Waals surface area contributed by atoms with Crippen molar-refractivity contribution in [1.29, 1.82) is 0 Å². The Kier molecular flexibility index (Phi) is 6.22. The van der Waals surface area contributed by atoms with Crippen LogP contribution in [0.15, 0.2) is 36.4 Å². The average Bonchev–Trinajstić information content (AvgIpc) is 2.61. The standard InChI is InChI=1S/C20H23NO5/c1-12(2)11-26-17-8-7-14(10-18(17)25-4)19(22)21-16-9-15(20(23)24)6-5-13(16)3/h5-10,12H,11H2,1-4H3,(H,21,22)(H,23,24). The van der Waals surface area contributed by atoms with Crippen molar-refractivity contribution in [2.24, 2.45) is 5.92 Å². The number of amides is 1. The van der Waals surface area contributed by atoms with Crippen LogP contribution in [-0.2, 0) is 0 Å². The number of ether oxygens (including phenoxy) is 2. The fourth-order valence-electron chi connectivity index (χ4n) is 2.27. The lowest BCUT2D eigenvalue weighted by molar-refractivity contribution is 0.0696. The summed E-state index contributed by atoms with van der Waals surface area (Å²) < 4.78 is 11.0. The molecule has 6 nitrogen and oxygen atoms in total. The van der Waals surface area contributed by atoms with Gasteiger partial charge in [-0.25, -0.2) is 4.79 Å². The molecule has 0 aliphatic rings. The molecule has 2 aromatic carbocycles. The normalized spacial score (nSPS) is 10.5. The first-order chi connectivity index (χ1) is 12.3. The summed E-state index contributed by atoms with van der Waals surface area (Å²) in [6.45, 7) is 6.43. The highest BCUT2D eigenvalue weighted by Crippen LogP contribution is 2.29. The SMILES string of the molecule is COc1cc(C(=O)Nc2cc(C(=O)O)ccc2C)ccc1OCC(C)C. The van der Waals surface area contributed by atoms with E-state index in [9.17, 15) is 9.59 Å². The van der Waals surface area contributed by atoms with Gasteiger partial charge in [-0.3, -0.25) is 4.79 Å². The van der Waals surface area contributed by atoms with E-state index in [4.69, 9.17) is 14.6 Å². The number of benzene rings is 2. The second kappa shape index (κ2) is 8.38. The molecule has 0 spiro atoms. The molecule has 2 N–H and O–H groups in total. The van der Waals surface area contributed by atoms with Crippen LogP contribution in [0.3, 0.4) is 0 Å². The number of carboxylic acid groups (broad SMARTS) is 1. The largest absolute Gasteiger partial charge is 0.493 e. The Balaban J connectivity index is 2.22. The van der Waals surface area contributed by atoms with Crippen molar-refractivity contribution in [3.8, 4) is 11.5 Å². The predicted octanol–water partition coefficient (Wildman–Crippen LogP) is 3.99. The number of carbonyl (C=O) groups excluding carboxylic acids is 1. The third kappa shape index (κ3) is 4.75. The molecule has 0 radical (unpaired) electrons. The summed E-state index contributed by atoms with van der Waals surface area (Å²) >= 11 is 0. The quantitative estimate of drug-likeness (QED) is 0.783. The van der Waals surface area contributed by atoms with Gasteiger partial charge in [0.25, 0.3) is 5.91 Å². The summed E-state index contributed by atoms with van der Waals surface area (Å²) in [7, 11) is 1.51. The van der Waals surface area contributed by atoms with Crippen molar-refractivity contribution in [1.82, 2.24) is 0 Å². The van der Waals surface area contributed by atoms with Gasteiger partial charge in [-0.05, 0) is 48.7 Å². The molecule has 6 heteroatoms. The maximum Gasteiger partial charge on any atom is 0.335 e. The number of carbonyl (C=O) groups is 2. The molecule has 0 atom stereocenters. The minimum atomic E-state index is -1.05. The van der Waals surface area contributed by atoms with E-state index in [2.05, 4.69) is 5.32 Å². The van der Waals surface area contributed by atoms with Crippen LogP contribution < -0.4 is 14.8 Å². The predicted molar refractivity (Wildman–Crippen MR) is 99.4 cm³/mol. The van der Waals surface area contributed by atoms with E-state index in [1.165, 1.54) is 19.2 Å². The third-order valence-electron chi connectivity index (χ3n) is 3.73. The number of methoxy groups -OCH3 is 1. The van der Waals surface area contributed by atoms with Gasteiger partial charge in [0.15, 0.2) is 11.5 Å². The van der Waals surface area contributed by atoms with E-state index in [0.29, 0.717) is 35.3 Å². The zero-order valence-electron chi connectivity index (χ0n) is 15.3. The molecule has 0 saturated carbocycles. The molecule has 0 heterocycles. The first kappa shape index (κ1) is 19.3. The van der Waals surface area contributed by atoms with Crippen molar-refractivity contribution in [2.45, 2.75) is 20.8 Å². The summed E-state index contributed by atoms with van der Waals surface area (Å²) in [6.07, 6.45) is 0. The molecular weight excluding hydrogens is 334 g/mol. The van der Waals surface area contributed by atoms with Gasteiger partial charge in [0.2, 0.25) is 0 Å². The van der Waals surface area contributed by atoms with Gasteiger partial charge in [0, 0.05) is 11.3 Å². The molecule has 0 unspecified atom stereocenters. The Labute approximate surface area is 152 Å². The van der Waals surface area contributed by atoms with Crippen molar-refractivity contribution < 1.29 is 24.2 Å². The number of anilines is 1. The van der Waals surface area contributed by atoms with Crippen LogP contribution in [-0.4, -0.2) is 30.7 Å². The number of nitrogens with one attached hydrogen (secondary N) is 1. The first-order valence-corrected chi connectivity index (χ1v) is 8.28. The third-order valence-corrected chi connectivity index (χ3v) is 3.73. The van der Waals surface area contributed by atoms with Crippen LogP contribution in [0.1, 0.15) is 40.1 Å². The molecule has 0 bridgehead atoms. The van der Waals surface area contributed by atoms with Crippen LogP contribution in [0, 0.1) is 12.8 Å². The fourth-order valence-corrected chi connectivity index (χ4v) is 2.27. The summed E-state index contributed by atoms with van der Waals surface area (Å²) in [5.41, 5.74) is 1.72. The molecular formula is C20H23NO5. The van der Waals surface area contributed by atoms with E-state index in [1.54, 1.807) is 31.2 Å². The van der Waals surface area contributed by atoms with E-state index < -0.39 is 5.97 Å². The Morgan fingerprint density at radius 1 is 1.08 bits per heavy atom. The minimum absolute atomic E-state index is 0.112. The van der Waals surface area contributed by atoms with E-state index in [-0.39, 0.29) is 11.5 Å². The fraction of sp³-hybridized carbons (Fsp3) is 0.300. The van der Waals surface area contributed by atoms with Crippen molar-refractivity contribution in [2.75, 3.05) is 19.0 Å². The zero-order chi connectivity index (χ0) is 19.3. The summed E-state index contributed by atoms with van der Waals surface area (Å²) in [5.74, 6) is 0.00135. The van der Waals surface area contributed by atoms with Gasteiger partial charge < -0.3 is 19.9 Å². The number of rotatable bonds is 7. The second-order valence-electron chi connectivity index (χ2n) is 6.36. The number of aromatic carboxylic acids is 1. The molecule has 0 aliphatic heterocycles. The first-order valence-electron chi connectivity index (χ1n) is 8.28. The lowest BCUT2D eigenvalue weighted by atomic mass is 10.1. The summed E-state index contributed by atoms with van der Waals surface area (Å²) in [5, 5.41) is 11.8. The van der Waals surface area contributed by atoms with E-state index in [1.807, 2.05) is 13.8 Å². The number of hydrogen-bond donors (Lipinski definition) is 2. The van der Waals surface area contributed by atoms with Gasteiger partial charge in [0.05, 0.1) is 19.3 Å². The van der Waals surface area contributed by atoms with Crippen LogP contribution in [0.5, 0.6) is 11.5 Å². The second-order valence-corrected chi connectivity index (χ2v) is 6.36. The van der Waals surface area contributed by atoms with Crippen LogP contribution in [0.4, 0.5) is 5.69 Å². The summed E-state index contributed by atoms with van der Waals surface area (Å²) in [4.78, 5) is 23.6. The molecule has 26 heavy (non-hydrogen) atoms. The van der Waals surface area contributed by atoms with E-state index in [0.717, 1.165) is 5.56 Å². The van der Waals surface area contributed by atoms with Gasteiger partial charge in [-0.1, -0.05) is 19.9 Å². The van der Waals surface area contributed by atoms with Gasteiger partial charge in [0.1, 0.15) is 0 Å². The minimum Gasteiger partial charge on any atom is -0.493 e. The molecule has 2 rings (SSSR count). The van der Waals surface area contributed by atoms with E-state index >= 15 is 0 Å². The Bertz CT molecular complexity index is 814. The van der Waals surface area contributed by atoms with Crippen molar-refractivity contribution in [3.63, 3.8) is 0 Å². The molecule has 138 valence electrons.